The summed E-state index contributed by atoms with van der Waals surface area (Å²) in [7, 11) is -1.63. The highest BCUT2D eigenvalue weighted by Gasteiger charge is 2.44. The average Bonchev–Trinajstić information content (AvgIpc) is 2.34. The quantitative estimate of drug-likeness (QED) is 0.551. The Hall–Kier alpha value is 0.877. The van der Waals surface area contributed by atoms with Crippen molar-refractivity contribution in [2.24, 2.45) is 0 Å². The SMILES string of the molecule is CC(C)[Si](OCCC1SCCCS1)(C(C)C)C(C)C. The minimum atomic E-state index is -1.63. The fraction of sp³-hybridized carbons (Fsp3) is 1.00. The van der Waals surface area contributed by atoms with Crippen molar-refractivity contribution in [2.75, 3.05) is 18.1 Å². The third-order valence-corrected chi connectivity index (χ3v) is 13.5. The molecule has 114 valence electrons. The molecule has 4 heteroatoms. The minimum Gasteiger partial charge on any atom is -0.416 e. The summed E-state index contributed by atoms with van der Waals surface area (Å²) in [5.74, 6) is 2.69. The van der Waals surface area contributed by atoms with Crippen LogP contribution < -0.4 is 0 Å². The van der Waals surface area contributed by atoms with E-state index in [4.69, 9.17) is 4.43 Å². The zero-order chi connectivity index (χ0) is 14.5. The van der Waals surface area contributed by atoms with Gasteiger partial charge in [0.15, 0.2) is 8.32 Å². The van der Waals surface area contributed by atoms with Crippen LogP contribution in [0.25, 0.3) is 0 Å². The Balaban J connectivity index is 2.52. The molecule has 1 aliphatic rings. The molecule has 1 aliphatic heterocycles. The molecule has 0 aliphatic carbocycles. The van der Waals surface area contributed by atoms with Crippen molar-refractivity contribution < 1.29 is 4.43 Å². The van der Waals surface area contributed by atoms with Gasteiger partial charge in [-0.1, -0.05) is 41.5 Å². The van der Waals surface area contributed by atoms with Crippen molar-refractivity contribution >= 4 is 31.8 Å². The molecule has 19 heavy (non-hydrogen) atoms. The average molecular weight is 321 g/mol. The van der Waals surface area contributed by atoms with Crippen LogP contribution in [0.15, 0.2) is 0 Å². The molecule has 0 N–H and O–H groups in total. The molecule has 0 aromatic rings. The van der Waals surface area contributed by atoms with Gasteiger partial charge in [-0.2, -0.15) is 0 Å². The fourth-order valence-corrected chi connectivity index (χ4v) is 11.8. The van der Waals surface area contributed by atoms with Crippen LogP contribution in [0.2, 0.25) is 16.6 Å². The lowest BCUT2D eigenvalue weighted by molar-refractivity contribution is 0.277. The van der Waals surface area contributed by atoms with E-state index >= 15 is 0 Å². The summed E-state index contributed by atoms with van der Waals surface area (Å²) in [6.45, 7) is 15.2. The predicted octanol–water partition coefficient (Wildman–Crippen LogP) is 5.76. The highest BCUT2D eigenvalue weighted by molar-refractivity contribution is 8.17. The van der Waals surface area contributed by atoms with Crippen molar-refractivity contribution in [3.63, 3.8) is 0 Å². The van der Waals surface area contributed by atoms with Crippen LogP contribution in [0.4, 0.5) is 0 Å². The van der Waals surface area contributed by atoms with E-state index in [-0.39, 0.29) is 0 Å². The highest BCUT2D eigenvalue weighted by Crippen LogP contribution is 2.42. The van der Waals surface area contributed by atoms with Crippen molar-refractivity contribution in [1.29, 1.82) is 0 Å². The molecule has 0 radical (unpaired) electrons. The second kappa shape index (κ2) is 8.35. The topological polar surface area (TPSA) is 9.23 Å². The van der Waals surface area contributed by atoms with Gasteiger partial charge in [0.25, 0.3) is 0 Å². The lowest BCUT2D eigenvalue weighted by Gasteiger charge is -2.42. The maximum absolute atomic E-state index is 6.63. The van der Waals surface area contributed by atoms with Crippen LogP contribution >= 0.6 is 23.5 Å². The molecule has 1 rings (SSSR count). The Kier molecular flexibility index (Phi) is 7.88. The molecule has 1 fully saturated rings. The van der Waals surface area contributed by atoms with Gasteiger partial charge in [0, 0.05) is 6.61 Å². The molecular formula is C15H32OS2Si. The lowest BCUT2D eigenvalue weighted by atomic mass is 10.5. The standard InChI is InChI=1S/C15H32OS2Si/c1-12(2)19(13(3)4,14(5)6)16-9-8-15-17-10-7-11-18-15/h12-15H,7-11H2,1-6H3. The van der Waals surface area contributed by atoms with Gasteiger partial charge in [-0.15, -0.1) is 23.5 Å². The Morgan fingerprint density at radius 1 is 0.947 bits per heavy atom. The van der Waals surface area contributed by atoms with Gasteiger partial charge < -0.3 is 4.43 Å². The molecule has 0 unspecified atom stereocenters. The summed E-state index contributed by atoms with van der Waals surface area (Å²) in [4.78, 5) is 0. The first-order chi connectivity index (χ1) is 8.91. The fourth-order valence-electron chi connectivity index (χ4n) is 3.54. The van der Waals surface area contributed by atoms with Crippen LogP contribution in [0.3, 0.4) is 0 Å². The van der Waals surface area contributed by atoms with Gasteiger partial charge in [0.2, 0.25) is 0 Å². The zero-order valence-corrected chi connectivity index (χ0v) is 16.2. The molecule has 0 amide bonds. The Labute approximate surface area is 130 Å². The number of hydrogen-bond acceptors (Lipinski definition) is 3. The maximum Gasteiger partial charge on any atom is 0.200 e. The third-order valence-electron chi connectivity index (χ3n) is 4.31. The summed E-state index contributed by atoms with van der Waals surface area (Å²) >= 11 is 4.27. The zero-order valence-electron chi connectivity index (χ0n) is 13.6. The van der Waals surface area contributed by atoms with Crippen molar-refractivity contribution in [2.45, 2.75) is 75.6 Å². The molecule has 1 nitrogen and oxygen atoms in total. The van der Waals surface area contributed by atoms with E-state index in [9.17, 15) is 0 Å². The summed E-state index contributed by atoms with van der Waals surface area (Å²) in [6, 6.07) is 0. The number of thioether (sulfide) groups is 2. The third kappa shape index (κ3) is 4.68. The normalized spacial score (nSPS) is 18.8. The molecular weight excluding hydrogens is 288 g/mol. The maximum atomic E-state index is 6.63. The van der Waals surface area contributed by atoms with Crippen molar-refractivity contribution in [1.82, 2.24) is 0 Å². The highest BCUT2D eigenvalue weighted by atomic mass is 32.2. The van der Waals surface area contributed by atoms with E-state index in [2.05, 4.69) is 65.1 Å². The monoisotopic (exact) mass is 320 g/mol. The Morgan fingerprint density at radius 3 is 1.84 bits per heavy atom. The van der Waals surface area contributed by atoms with E-state index in [1.807, 2.05) is 0 Å². The lowest BCUT2D eigenvalue weighted by Crippen LogP contribution is -2.48. The molecule has 0 saturated carbocycles. The van der Waals surface area contributed by atoms with Crippen LogP contribution in [-0.4, -0.2) is 31.0 Å². The number of rotatable bonds is 7. The van der Waals surface area contributed by atoms with E-state index in [1.54, 1.807) is 0 Å². The van der Waals surface area contributed by atoms with Crippen LogP contribution in [-0.2, 0) is 4.43 Å². The summed E-state index contributed by atoms with van der Waals surface area (Å²) in [6.07, 6.45) is 2.62. The van der Waals surface area contributed by atoms with Gasteiger partial charge in [0.05, 0.1) is 4.58 Å². The van der Waals surface area contributed by atoms with Crippen LogP contribution in [0.1, 0.15) is 54.4 Å². The van der Waals surface area contributed by atoms with Gasteiger partial charge in [-0.3, -0.25) is 0 Å². The minimum absolute atomic E-state index is 0.708. The summed E-state index contributed by atoms with van der Waals surface area (Å²) in [5.41, 5.74) is 2.12. The van der Waals surface area contributed by atoms with Gasteiger partial charge in [-0.05, 0) is 41.0 Å². The molecule has 1 heterocycles. The molecule has 1 saturated heterocycles. The van der Waals surface area contributed by atoms with E-state index in [0.717, 1.165) is 11.2 Å². The van der Waals surface area contributed by atoms with Crippen molar-refractivity contribution in [3.05, 3.63) is 0 Å². The van der Waals surface area contributed by atoms with Gasteiger partial charge in [-0.25, -0.2) is 0 Å². The van der Waals surface area contributed by atoms with Crippen LogP contribution in [0, 0.1) is 0 Å². The number of hydrogen-bond donors (Lipinski definition) is 0. The van der Waals surface area contributed by atoms with E-state index in [1.165, 1.54) is 24.3 Å². The second-order valence-electron chi connectivity index (χ2n) is 6.48. The molecule has 0 bridgehead atoms. The first-order valence-corrected chi connectivity index (χ1v) is 12.0. The van der Waals surface area contributed by atoms with Gasteiger partial charge >= 0.3 is 0 Å². The summed E-state index contributed by atoms with van der Waals surface area (Å²) in [5, 5.41) is 0. The van der Waals surface area contributed by atoms with E-state index in [0.29, 0.717) is 16.6 Å². The van der Waals surface area contributed by atoms with Crippen LogP contribution in [0.5, 0.6) is 0 Å². The predicted molar refractivity (Wildman–Crippen MR) is 94.9 cm³/mol. The molecule has 0 aromatic heterocycles. The summed E-state index contributed by atoms with van der Waals surface area (Å²) < 4.78 is 7.41. The molecule has 0 atom stereocenters. The largest absolute Gasteiger partial charge is 0.416 e. The second-order valence-corrected chi connectivity index (χ2v) is 14.9. The van der Waals surface area contributed by atoms with Gasteiger partial charge in [0.1, 0.15) is 0 Å². The molecule has 0 aromatic carbocycles. The van der Waals surface area contributed by atoms with E-state index < -0.39 is 8.32 Å². The Bertz CT molecular complexity index is 229. The smallest absolute Gasteiger partial charge is 0.200 e. The Morgan fingerprint density at radius 2 is 1.42 bits per heavy atom. The first-order valence-electron chi connectivity index (χ1n) is 7.78. The molecule has 0 spiro atoms. The first kappa shape index (κ1) is 17.9. The van der Waals surface area contributed by atoms with Crippen molar-refractivity contribution in [3.8, 4) is 0 Å².